The molecule has 2 bridgehead atoms. The summed E-state index contributed by atoms with van der Waals surface area (Å²) in [6.45, 7) is 0.251. The molecule has 0 radical (unpaired) electrons. The number of hydrogen-bond donors (Lipinski definition) is 2. The van der Waals surface area contributed by atoms with Crippen molar-refractivity contribution >= 4 is 28.8 Å². The number of benzene rings is 2. The highest BCUT2D eigenvalue weighted by atomic mass is 16.4. The Balaban J connectivity index is 1.39. The first-order valence-electron chi connectivity index (χ1n) is 13.9. The van der Waals surface area contributed by atoms with Gasteiger partial charge in [0.25, 0.3) is 5.91 Å². The van der Waals surface area contributed by atoms with Crippen LogP contribution in [0, 0.1) is 11.8 Å². The molecule has 3 aliphatic rings. The van der Waals surface area contributed by atoms with Crippen molar-refractivity contribution in [3.8, 4) is 0 Å². The number of carboxylic acid groups (broad SMARTS) is 1. The summed E-state index contributed by atoms with van der Waals surface area (Å²) in [5.41, 5.74) is 1.40. The number of amides is 3. The summed E-state index contributed by atoms with van der Waals surface area (Å²) in [6.07, 6.45) is 7.43. The highest BCUT2D eigenvalue weighted by Crippen LogP contribution is 2.46. The van der Waals surface area contributed by atoms with Crippen LogP contribution in [0.3, 0.4) is 0 Å². The Morgan fingerprint density at radius 2 is 1.82 bits per heavy atom. The van der Waals surface area contributed by atoms with Gasteiger partial charge in [0, 0.05) is 36.1 Å². The molecule has 2 aromatic carbocycles. The minimum Gasteiger partial charge on any atom is -0.465 e. The molecular formula is C31H35N3O4. The van der Waals surface area contributed by atoms with Crippen LogP contribution in [0.5, 0.6) is 0 Å². The van der Waals surface area contributed by atoms with Gasteiger partial charge < -0.3 is 10.1 Å². The molecule has 3 fully saturated rings. The number of fused-ring (bicyclic) bond motifs is 3. The molecule has 1 saturated heterocycles. The average Bonchev–Trinajstić information content (AvgIpc) is 3.43. The van der Waals surface area contributed by atoms with Gasteiger partial charge >= 0.3 is 6.09 Å². The summed E-state index contributed by atoms with van der Waals surface area (Å²) in [5.74, 6) is 0.228. The van der Waals surface area contributed by atoms with Crippen LogP contribution in [0.4, 0.5) is 4.79 Å². The van der Waals surface area contributed by atoms with Gasteiger partial charge in [-0.05, 0) is 61.1 Å². The lowest BCUT2D eigenvalue weighted by Crippen LogP contribution is -2.63. The number of likely N-dealkylation sites (tertiary alicyclic amines) is 1. The molecule has 3 aromatic rings. The van der Waals surface area contributed by atoms with Gasteiger partial charge in [-0.2, -0.15) is 0 Å². The van der Waals surface area contributed by atoms with E-state index in [2.05, 4.69) is 4.98 Å². The molecule has 4 unspecified atom stereocenters. The van der Waals surface area contributed by atoms with Crippen LogP contribution < -0.4 is 0 Å². The predicted octanol–water partition coefficient (Wildman–Crippen LogP) is 5.40. The fraction of sp³-hybridized carbons (Fsp3) is 0.452. The second-order valence-electron chi connectivity index (χ2n) is 11.4. The summed E-state index contributed by atoms with van der Waals surface area (Å²) < 4.78 is 0. The van der Waals surface area contributed by atoms with Crippen LogP contribution in [0.2, 0.25) is 0 Å². The van der Waals surface area contributed by atoms with Crippen LogP contribution in [-0.2, 0) is 22.4 Å². The van der Waals surface area contributed by atoms with Crippen molar-refractivity contribution in [3.05, 3.63) is 71.9 Å². The van der Waals surface area contributed by atoms with Gasteiger partial charge in [-0.1, -0.05) is 61.4 Å². The molecule has 2 saturated carbocycles. The normalized spacial score (nSPS) is 27.2. The van der Waals surface area contributed by atoms with E-state index in [-0.39, 0.29) is 43.2 Å². The molecule has 1 aromatic heterocycles. The summed E-state index contributed by atoms with van der Waals surface area (Å²) in [7, 11) is 0. The van der Waals surface area contributed by atoms with Crippen LogP contribution >= 0.6 is 0 Å². The van der Waals surface area contributed by atoms with E-state index in [1.54, 1.807) is 0 Å². The minimum absolute atomic E-state index is 0.112. The first-order chi connectivity index (χ1) is 18.5. The van der Waals surface area contributed by atoms with Crippen molar-refractivity contribution in [2.45, 2.75) is 69.4 Å². The second-order valence-corrected chi connectivity index (χ2v) is 11.4. The van der Waals surface area contributed by atoms with E-state index in [1.807, 2.05) is 60.8 Å². The van der Waals surface area contributed by atoms with E-state index in [0.29, 0.717) is 12.3 Å². The Morgan fingerprint density at radius 3 is 2.63 bits per heavy atom. The highest BCUT2D eigenvalue weighted by molar-refractivity contribution is 6.10. The number of nitrogens with zero attached hydrogens (tertiary/aromatic N) is 2. The zero-order chi connectivity index (χ0) is 26.3. The van der Waals surface area contributed by atoms with Gasteiger partial charge in [0.15, 0.2) is 0 Å². The monoisotopic (exact) mass is 513 g/mol. The Labute approximate surface area is 222 Å². The van der Waals surface area contributed by atoms with Crippen LogP contribution in [-0.4, -0.2) is 55.9 Å². The lowest BCUT2D eigenvalue weighted by atomic mass is 9.68. The standard InChI is InChI=1S/C31H35N3O4/c35-28-19-31(18-24-20-32-26-12-5-4-11-25(24)26,29(36)33(28)16-15-21-7-2-1-3-8-21)34(30(37)38)27-14-13-22-9-6-10-23(27)17-22/h1-5,7-8,11-12,20,22-23,27,32H,6,9-10,13-19H2,(H,37,38). The van der Waals surface area contributed by atoms with Gasteiger partial charge in [-0.3, -0.25) is 19.4 Å². The Kier molecular flexibility index (Phi) is 6.46. The molecule has 0 spiro atoms. The molecule has 2 aliphatic carbocycles. The molecule has 198 valence electrons. The summed E-state index contributed by atoms with van der Waals surface area (Å²) >= 11 is 0. The molecule has 7 nitrogen and oxygen atoms in total. The number of aromatic nitrogens is 1. The molecule has 4 atom stereocenters. The summed E-state index contributed by atoms with van der Waals surface area (Å²) in [5, 5.41) is 11.7. The average molecular weight is 514 g/mol. The molecular weight excluding hydrogens is 478 g/mol. The van der Waals surface area contributed by atoms with E-state index in [4.69, 9.17) is 0 Å². The molecule has 6 rings (SSSR count). The zero-order valence-corrected chi connectivity index (χ0v) is 21.6. The van der Waals surface area contributed by atoms with Gasteiger partial charge in [0.05, 0.1) is 6.42 Å². The predicted molar refractivity (Wildman–Crippen MR) is 145 cm³/mol. The van der Waals surface area contributed by atoms with Crippen LogP contribution in [0.15, 0.2) is 60.8 Å². The number of aromatic amines is 1. The van der Waals surface area contributed by atoms with Crippen molar-refractivity contribution in [1.82, 2.24) is 14.8 Å². The van der Waals surface area contributed by atoms with Gasteiger partial charge in [0.2, 0.25) is 5.91 Å². The van der Waals surface area contributed by atoms with E-state index < -0.39 is 11.6 Å². The molecule has 7 heteroatoms. The largest absolute Gasteiger partial charge is 0.465 e. The first kappa shape index (κ1) is 24.7. The SMILES string of the molecule is O=C1CC(Cc2c[nH]c3ccccc23)(N(C(=O)O)C2CCC3CCCC2C3)C(=O)N1CCc1ccccc1. The number of hydrogen-bond acceptors (Lipinski definition) is 3. The number of nitrogens with one attached hydrogen (secondary N) is 1. The number of imide groups is 1. The topological polar surface area (TPSA) is 93.7 Å². The maximum absolute atomic E-state index is 14.4. The lowest BCUT2D eigenvalue weighted by Gasteiger charge is -2.49. The quantitative estimate of drug-likeness (QED) is 0.414. The molecule has 2 heterocycles. The van der Waals surface area contributed by atoms with E-state index >= 15 is 0 Å². The summed E-state index contributed by atoms with van der Waals surface area (Å²) in [4.78, 5) is 47.0. The van der Waals surface area contributed by atoms with E-state index in [0.717, 1.165) is 54.1 Å². The molecule has 38 heavy (non-hydrogen) atoms. The van der Waals surface area contributed by atoms with E-state index in [9.17, 15) is 19.5 Å². The van der Waals surface area contributed by atoms with E-state index in [1.165, 1.54) is 16.2 Å². The van der Waals surface area contributed by atoms with Crippen molar-refractivity contribution in [3.63, 3.8) is 0 Å². The van der Waals surface area contributed by atoms with Crippen molar-refractivity contribution in [2.75, 3.05) is 6.54 Å². The fourth-order valence-electron chi connectivity index (χ4n) is 7.47. The lowest BCUT2D eigenvalue weighted by molar-refractivity contribution is -0.143. The van der Waals surface area contributed by atoms with Crippen molar-refractivity contribution < 1.29 is 19.5 Å². The second kappa shape index (κ2) is 9.93. The zero-order valence-electron chi connectivity index (χ0n) is 21.6. The smallest absolute Gasteiger partial charge is 0.408 e. The molecule has 2 N–H and O–H groups in total. The molecule has 3 amide bonds. The minimum atomic E-state index is -1.44. The third-order valence-electron chi connectivity index (χ3n) is 9.25. The first-order valence-corrected chi connectivity index (χ1v) is 13.9. The van der Waals surface area contributed by atoms with Crippen molar-refractivity contribution in [2.24, 2.45) is 11.8 Å². The van der Waals surface area contributed by atoms with Crippen LogP contribution in [0.1, 0.15) is 56.1 Å². The summed E-state index contributed by atoms with van der Waals surface area (Å²) in [6, 6.07) is 17.4. The van der Waals surface area contributed by atoms with Crippen LogP contribution in [0.25, 0.3) is 10.9 Å². The van der Waals surface area contributed by atoms with Gasteiger partial charge in [-0.15, -0.1) is 0 Å². The number of carbonyl (C=O) groups is 3. The molecule has 1 aliphatic heterocycles. The Bertz CT molecular complexity index is 1350. The third-order valence-corrected chi connectivity index (χ3v) is 9.25. The van der Waals surface area contributed by atoms with Gasteiger partial charge in [0.1, 0.15) is 5.54 Å². The van der Waals surface area contributed by atoms with Gasteiger partial charge in [-0.25, -0.2) is 4.79 Å². The fourth-order valence-corrected chi connectivity index (χ4v) is 7.47. The number of carbonyl (C=O) groups excluding carboxylic acids is 2. The number of para-hydroxylation sites is 1. The Hall–Kier alpha value is -3.61. The maximum Gasteiger partial charge on any atom is 0.408 e. The number of H-pyrrole nitrogens is 1. The van der Waals surface area contributed by atoms with Crippen molar-refractivity contribution in [1.29, 1.82) is 0 Å². The Morgan fingerprint density at radius 1 is 1.03 bits per heavy atom. The maximum atomic E-state index is 14.4. The number of rotatable bonds is 7. The highest BCUT2D eigenvalue weighted by Gasteiger charge is 2.59. The third kappa shape index (κ3) is 4.28.